The third-order valence-electron chi connectivity index (χ3n) is 6.19. The molecular formula is C23H24F3N5O3. The molecule has 1 aliphatic rings. The van der Waals surface area contributed by atoms with E-state index in [9.17, 15) is 28.1 Å². The third-order valence-corrected chi connectivity index (χ3v) is 6.19. The SMILES string of the molecule is Cc1nc2ccccc2n1CCNC(=O)C1CCN(c2ccc(C(F)(F)F)cc2[N+](=O)[O-])CC1. The van der Waals surface area contributed by atoms with Crippen LogP contribution in [0.2, 0.25) is 0 Å². The van der Waals surface area contributed by atoms with Crippen molar-refractivity contribution in [2.45, 2.75) is 32.5 Å². The summed E-state index contributed by atoms with van der Waals surface area (Å²) < 4.78 is 40.9. The Balaban J connectivity index is 1.34. The first-order valence-corrected chi connectivity index (χ1v) is 11.0. The zero-order valence-electron chi connectivity index (χ0n) is 18.5. The lowest BCUT2D eigenvalue weighted by atomic mass is 9.95. The number of hydrogen-bond acceptors (Lipinski definition) is 5. The fourth-order valence-electron chi connectivity index (χ4n) is 4.41. The van der Waals surface area contributed by atoms with E-state index in [-0.39, 0.29) is 17.5 Å². The van der Waals surface area contributed by atoms with Gasteiger partial charge in [-0.2, -0.15) is 13.2 Å². The van der Waals surface area contributed by atoms with Gasteiger partial charge in [-0.3, -0.25) is 14.9 Å². The number of alkyl halides is 3. The molecule has 1 amide bonds. The van der Waals surface area contributed by atoms with Crippen LogP contribution in [0.4, 0.5) is 24.5 Å². The Kier molecular flexibility index (Phi) is 6.45. The normalized spacial score (nSPS) is 15.0. The molecule has 0 aliphatic carbocycles. The van der Waals surface area contributed by atoms with Crippen LogP contribution in [-0.2, 0) is 17.5 Å². The van der Waals surface area contributed by atoms with Crippen molar-refractivity contribution in [2.75, 3.05) is 24.5 Å². The van der Waals surface area contributed by atoms with Crippen LogP contribution >= 0.6 is 0 Å². The van der Waals surface area contributed by atoms with E-state index < -0.39 is 22.4 Å². The van der Waals surface area contributed by atoms with Gasteiger partial charge in [-0.05, 0) is 44.0 Å². The molecule has 0 radical (unpaired) electrons. The summed E-state index contributed by atoms with van der Waals surface area (Å²) in [5.41, 5.74) is 0.398. The van der Waals surface area contributed by atoms with Crippen LogP contribution in [0.15, 0.2) is 42.5 Å². The predicted molar refractivity (Wildman–Crippen MR) is 121 cm³/mol. The van der Waals surface area contributed by atoms with Gasteiger partial charge in [-0.1, -0.05) is 12.1 Å². The largest absolute Gasteiger partial charge is 0.416 e. The number of amides is 1. The van der Waals surface area contributed by atoms with Gasteiger partial charge in [-0.15, -0.1) is 0 Å². The number of carbonyl (C=O) groups excluding carboxylic acids is 1. The molecule has 0 saturated carbocycles. The number of halogens is 3. The monoisotopic (exact) mass is 475 g/mol. The number of fused-ring (bicyclic) bond motifs is 1. The summed E-state index contributed by atoms with van der Waals surface area (Å²) >= 11 is 0. The molecule has 1 saturated heterocycles. The van der Waals surface area contributed by atoms with Gasteiger partial charge in [0.15, 0.2) is 0 Å². The highest BCUT2D eigenvalue weighted by atomic mass is 19.4. The van der Waals surface area contributed by atoms with Crippen molar-refractivity contribution in [1.82, 2.24) is 14.9 Å². The molecule has 1 N–H and O–H groups in total. The number of hydrogen-bond donors (Lipinski definition) is 1. The van der Waals surface area contributed by atoms with E-state index in [2.05, 4.69) is 10.3 Å². The van der Waals surface area contributed by atoms with E-state index >= 15 is 0 Å². The smallest absolute Gasteiger partial charge is 0.366 e. The summed E-state index contributed by atoms with van der Waals surface area (Å²) in [6, 6.07) is 10.3. The van der Waals surface area contributed by atoms with Gasteiger partial charge < -0.3 is 14.8 Å². The summed E-state index contributed by atoms with van der Waals surface area (Å²) in [5.74, 6) is 0.510. The minimum absolute atomic E-state index is 0.0938. The molecule has 3 aromatic rings. The van der Waals surface area contributed by atoms with Gasteiger partial charge in [0.2, 0.25) is 5.91 Å². The van der Waals surface area contributed by atoms with Crippen molar-refractivity contribution < 1.29 is 22.9 Å². The number of rotatable bonds is 6. The average Bonchev–Trinajstić information content (AvgIpc) is 3.13. The summed E-state index contributed by atoms with van der Waals surface area (Å²) in [6.45, 7) is 3.61. The number of piperidine rings is 1. The number of nitro groups is 1. The third kappa shape index (κ3) is 4.82. The number of nitrogens with one attached hydrogen (secondary N) is 1. The van der Waals surface area contributed by atoms with Gasteiger partial charge in [0.1, 0.15) is 11.5 Å². The second-order valence-corrected chi connectivity index (χ2v) is 8.31. The maximum absolute atomic E-state index is 13.0. The number of benzene rings is 2. The van der Waals surface area contributed by atoms with Crippen molar-refractivity contribution >= 4 is 28.3 Å². The lowest BCUT2D eigenvalue weighted by molar-refractivity contribution is -0.384. The van der Waals surface area contributed by atoms with Gasteiger partial charge in [0.25, 0.3) is 5.69 Å². The van der Waals surface area contributed by atoms with E-state index in [1.807, 2.05) is 35.8 Å². The van der Waals surface area contributed by atoms with Crippen molar-refractivity contribution in [1.29, 1.82) is 0 Å². The second-order valence-electron chi connectivity index (χ2n) is 8.31. The van der Waals surface area contributed by atoms with Crippen LogP contribution in [0.5, 0.6) is 0 Å². The molecule has 34 heavy (non-hydrogen) atoms. The van der Waals surface area contributed by atoms with E-state index in [1.165, 1.54) is 0 Å². The topological polar surface area (TPSA) is 93.3 Å². The highest BCUT2D eigenvalue weighted by molar-refractivity contribution is 5.79. The van der Waals surface area contributed by atoms with Crippen LogP contribution in [0.1, 0.15) is 24.2 Å². The average molecular weight is 475 g/mol. The Bertz CT molecular complexity index is 1220. The number of aryl methyl sites for hydroxylation is 1. The highest BCUT2D eigenvalue weighted by Crippen LogP contribution is 2.37. The number of anilines is 1. The Labute approximate surface area is 193 Å². The van der Waals surface area contributed by atoms with E-state index in [0.717, 1.165) is 29.0 Å². The first-order valence-electron chi connectivity index (χ1n) is 11.0. The van der Waals surface area contributed by atoms with Crippen LogP contribution in [-0.4, -0.2) is 40.0 Å². The van der Waals surface area contributed by atoms with Crippen molar-refractivity contribution in [3.05, 3.63) is 64.0 Å². The van der Waals surface area contributed by atoms with Crippen molar-refractivity contribution in [3.63, 3.8) is 0 Å². The van der Waals surface area contributed by atoms with Crippen LogP contribution < -0.4 is 10.2 Å². The minimum atomic E-state index is -4.66. The van der Waals surface area contributed by atoms with Crippen molar-refractivity contribution in [2.24, 2.45) is 5.92 Å². The molecule has 1 fully saturated rings. The maximum atomic E-state index is 13.0. The van der Waals surface area contributed by atoms with E-state index in [0.29, 0.717) is 45.1 Å². The van der Waals surface area contributed by atoms with Crippen LogP contribution in [0, 0.1) is 23.0 Å². The van der Waals surface area contributed by atoms with Crippen LogP contribution in [0.3, 0.4) is 0 Å². The van der Waals surface area contributed by atoms with Crippen LogP contribution in [0.25, 0.3) is 11.0 Å². The molecule has 1 aromatic heterocycles. The molecule has 1 aliphatic heterocycles. The van der Waals surface area contributed by atoms with Gasteiger partial charge in [0.05, 0.1) is 21.5 Å². The molecule has 2 heterocycles. The standard InChI is InChI=1S/C23H24F3N5O3/c1-15-28-18-4-2-3-5-19(18)30(15)13-10-27-22(32)16-8-11-29(12-9-16)20-7-6-17(23(24,25)26)14-21(20)31(33)34/h2-7,14,16H,8-13H2,1H3,(H,27,32). The molecule has 0 spiro atoms. The summed E-state index contributed by atoms with van der Waals surface area (Å²) in [6.07, 6.45) is -3.75. The Morgan fingerprint density at radius 1 is 1.21 bits per heavy atom. The first-order chi connectivity index (χ1) is 16.1. The molecule has 0 atom stereocenters. The first kappa shape index (κ1) is 23.5. The number of imidazole rings is 1. The lowest BCUT2D eigenvalue weighted by Gasteiger charge is -2.32. The molecular weight excluding hydrogens is 451 g/mol. The number of aromatic nitrogens is 2. The Morgan fingerprint density at radius 3 is 2.59 bits per heavy atom. The Morgan fingerprint density at radius 2 is 1.91 bits per heavy atom. The number of nitrogens with zero attached hydrogens (tertiary/aromatic N) is 4. The second kappa shape index (κ2) is 9.32. The molecule has 180 valence electrons. The Hall–Kier alpha value is -3.63. The predicted octanol–water partition coefficient (Wildman–Crippen LogP) is 4.30. The van der Waals surface area contributed by atoms with Gasteiger partial charge in [0, 0.05) is 38.2 Å². The highest BCUT2D eigenvalue weighted by Gasteiger charge is 2.34. The van der Waals surface area contributed by atoms with E-state index in [1.54, 1.807) is 4.90 Å². The van der Waals surface area contributed by atoms with Gasteiger partial charge >= 0.3 is 6.18 Å². The lowest BCUT2D eigenvalue weighted by Crippen LogP contribution is -2.41. The van der Waals surface area contributed by atoms with Gasteiger partial charge in [-0.25, -0.2) is 4.98 Å². The molecule has 11 heteroatoms. The molecule has 2 aromatic carbocycles. The number of nitro benzene ring substituents is 1. The number of carbonyl (C=O) groups is 1. The summed E-state index contributed by atoms with van der Waals surface area (Å²) in [7, 11) is 0. The maximum Gasteiger partial charge on any atom is 0.416 e. The van der Waals surface area contributed by atoms with Crippen molar-refractivity contribution in [3.8, 4) is 0 Å². The fraction of sp³-hybridized carbons (Fsp3) is 0.391. The molecule has 8 nitrogen and oxygen atoms in total. The van der Waals surface area contributed by atoms with E-state index in [4.69, 9.17) is 0 Å². The zero-order valence-corrected chi connectivity index (χ0v) is 18.5. The summed E-state index contributed by atoms with van der Waals surface area (Å²) in [5, 5.41) is 14.3. The molecule has 4 rings (SSSR count). The quantitative estimate of drug-likeness (QED) is 0.424. The summed E-state index contributed by atoms with van der Waals surface area (Å²) in [4.78, 5) is 29.4. The molecule has 0 bridgehead atoms. The fourth-order valence-corrected chi connectivity index (χ4v) is 4.41. The molecule has 0 unspecified atom stereocenters. The minimum Gasteiger partial charge on any atom is -0.366 e. The zero-order chi connectivity index (χ0) is 24.5. The number of para-hydroxylation sites is 2.